The quantitative estimate of drug-likeness (QED) is 0.104. The van der Waals surface area contributed by atoms with E-state index >= 15 is 0 Å². The van der Waals surface area contributed by atoms with E-state index in [0.717, 1.165) is 51.5 Å². The van der Waals surface area contributed by atoms with Crippen molar-refractivity contribution in [3.8, 4) is 0 Å². The summed E-state index contributed by atoms with van der Waals surface area (Å²) in [5, 5.41) is 13.4. The number of aliphatic hydroxyl groups excluding tert-OH is 1. The molecule has 1 saturated carbocycles. The van der Waals surface area contributed by atoms with Crippen molar-refractivity contribution in [3.63, 3.8) is 0 Å². The van der Waals surface area contributed by atoms with Crippen LogP contribution in [0.3, 0.4) is 0 Å². The summed E-state index contributed by atoms with van der Waals surface area (Å²) in [6.45, 7) is 5.58. The van der Waals surface area contributed by atoms with E-state index in [0.29, 0.717) is 12.5 Å². The predicted octanol–water partition coefficient (Wildman–Crippen LogP) is 8.63. The number of ether oxygens (including phenoxy) is 1. The molecule has 2 atom stereocenters. The molecule has 0 amide bonds. The molecular formula is C31H61NO3. The highest BCUT2D eigenvalue weighted by Crippen LogP contribution is 2.19. The minimum Gasteiger partial charge on any atom is -0.462 e. The average Bonchev–Trinajstić information content (AvgIpc) is 2.85. The minimum atomic E-state index is -0.0998. The molecule has 1 fully saturated rings. The Morgan fingerprint density at radius 3 is 1.91 bits per heavy atom. The first-order valence-corrected chi connectivity index (χ1v) is 15.8. The maximum Gasteiger partial charge on any atom is 0.306 e. The van der Waals surface area contributed by atoms with Gasteiger partial charge in [0, 0.05) is 12.5 Å². The summed E-state index contributed by atoms with van der Waals surface area (Å²) in [7, 11) is 0. The smallest absolute Gasteiger partial charge is 0.306 e. The number of aliphatic hydroxyl groups is 1. The number of rotatable bonds is 24. The molecule has 0 unspecified atom stereocenters. The van der Waals surface area contributed by atoms with E-state index in [1.807, 2.05) is 0 Å². The fourth-order valence-corrected chi connectivity index (χ4v) is 5.39. The van der Waals surface area contributed by atoms with Crippen LogP contribution in [-0.4, -0.2) is 35.9 Å². The molecule has 0 radical (unpaired) electrons. The van der Waals surface area contributed by atoms with Crippen LogP contribution in [0.2, 0.25) is 0 Å². The lowest BCUT2D eigenvalue weighted by atomic mass is 9.93. The van der Waals surface area contributed by atoms with E-state index in [2.05, 4.69) is 19.2 Å². The zero-order valence-electron chi connectivity index (χ0n) is 23.7. The maximum absolute atomic E-state index is 12.5. The standard InChI is InChI=1S/C31H61NO3/c1-3-5-7-9-12-16-23-30(24-17-13-10-8-6-4-2)35-31(34)25-18-14-11-15-19-26-32-28-21-20-22-29(33)27-28/h28-30,32-33H,3-27H2,1-2H3/t28-,29-/m1/s1. The Morgan fingerprint density at radius 2 is 1.31 bits per heavy atom. The van der Waals surface area contributed by atoms with E-state index in [-0.39, 0.29) is 18.2 Å². The van der Waals surface area contributed by atoms with Crippen LogP contribution >= 0.6 is 0 Å². The molecule has 2 N–H and O–H groups in total. The molecule has 0 aromatic rings. The van der Waals surface area contributed by atoms with Crippen LogP contribution in [0, 0.1) is 0 Å². The maximum atomic E-state index is 12.5. The Labute approximate surface area is 218 Å². The Morgan fingerprint density at radius 1 is 0.771 bits per heavy atom. The van der Waals surface area contributed by atoms with Crippen molar-refractivity contribution in [1.82, 2.24) is 5.32 Å². The second-order valence-electron chi connectivity index (χ2n) is 11.2. The first-order chi connectivity index (χ1) is 17.2. The van der Waals surface area contributed by atoms with E-state index in [4.69, 9.17) is 4.74 Å². The molecule has 208 valence electrons. The molecule has 0 aliphatic heterocycles. The Hall–Kier alpha value is -0.610. The normalized spacial score (nSPS) is 18.3. The van der Waals surface area contributed by atoms with Gasteiger partial charge in [0.1, 0.15) is 6.10 Å². The first-order valence-electron chi connectivity index (χ1n) is 15.8. The molecule has 1 aliphatic carbocycles. The summed E-state index contributed by atoms with van der Waals surface area (Å²) in [6, 6.07) is 0.508. The number of carbonyl (C=O) groups is 1. The summed E-state index contributed by atoms with van der Waals surface area (Å²) >= 11 is 0. The van der Waals surface area contributed by atoms with Gasteiger partial charge in [0.2, 0.25) is 0 Å². The third kappa shape index (κ3) is 20.2. The second-order valence-corrected chi connectivity index (χ2v) is 11.2. The van der Waals surface area contributed by atoms with Crippen molar-refractivity contribution >= 4 is 5.97 Å². The fourth-order valence-electron chi connectivity index (χ4n) is 5.39. The van der Waals surface area contributed by atoms with Gasteiger partial charge in [0.25, 0.3) is 0 Å². The van der Waals surface area contributed by atoms with Crippen molar-refractivity contribution in [2.75, 3.05) is 6.54 Å². The van der Waals surface area contributed by atoms with Gasteiger partial charge in [-0.1, -0.05) is 97.3 Å². The number of esters is 1. The summed E-state index contributed by atoms with van der Waals surface area (Å²) in [5.74, 6) is 0.0319. The van der Waals surface area contributed by atoms with Gasteiger partial charge in [-0.15, -0.1) is 0 Å². The van der Waals surface area contributed by atoms with Gasteiger partial charge in [-0.3, -0.25) is 4.79 Å². The second kappa shape index (κ2) is 23.8. The molecule has 4 nitrogen and oxygen atoms in total. The highest BCUT2D eigenvalue weighted by molar-refractivity contribution is 5.69. The Balaban J connectivity index is 2.10. The topological polar surface area (TPSA) is 58.6 Å². The van der Waals surface area contributed by atoms with Crippen molar-refractivity contribution in [2.24, 2.45) is 0 Å². The van der Waals surface area contributed by atoms with Gasteiger partial charge in [0.15, 0.2) is 0 Å². The Kier molecular flexibility index (Phi) is 22.0. The first kappa shape index (κ1) is 32.4. The molecule has 0 bridgehead atoms. The predicted molar refractivity (Wildman–Crippen MR) is 150 cm³/mol. The number of nitrogens with one attached hydrogen (secondary N) is 1. The van der Waals surface area contributed by atoms with E-state index in [1.165, 1.54) is 103 Å². The van der Waals surface area contributed by atoms with Crippen molar-refractivity contribution in [2.45, 2.75) is 186 Å². The molecule has 35 heavy (non-hydrogen) atoms. The third-order valence-corrected chi connectivity index (χ3v) is 7.69. The monoisotopic (exact) mass is 495 g/mol. The van der Waals surface area contributed by atoms with Crippen LogP contribution in [-0.2, 0) is 9.53 Å². The summed E-state index contributed by atoms with van der Waals surface area (Å²) in [6.07, 6.45) is 28.2. The molecule has 1 rings (SSSR count). The third-order valence-electron chi connectivity index (χ3n) is 7.69. The number of hydrogen-bond acceptors (Lipinski definition) is 4. The fraction of sp³-hybridized carbons (Fsp3) is 0.968. The molecule has 0 saturated heterocycles. The van der Waals surface area contributed by atoms with Gasteiger partial charge >= 0.3 is 5.97 Å². The van der Waals surface area contributed by atoms with Crippen molar-refractivity contribution < 1.29 is 14.6 Å². The zero-order chi connectivity index (χ0) is 25.4. The molecular weight excluding hydrogens is 434 g/mol. The molecule has 0 aromatic carbocycles. The van der Waals surface area contributed by atoms with Crippen LogP contribution in [0.5, 0.6) is 0 Å². The lowest BCUT2D eigenvalue weighted by Crippen LogP contribution is -2.36. The zero-order valence-corrected chi connectivity index (χ0v) is 23.7. The average molecular weight is 496 g/mol. The highest BCUT2D eigenvalue weighted by atomic mass is 16.5. The van der Waals surface area contributed by atoms with Gasteiger partial charge in [0.05, 0.1) is 6.10 Å². The van der Waals surface area contributed by atoms with Gasteiger partial charge < -0.3 is 15.2 Å². The van der Waals surface area contributed by atoms with E-state index in [9.17, 15) is 9.90 Å². The van der Waals surface area contributed by atoms with Gasteiger partial charge in [-0.05, 0) is 70.8 Å². The SMILES string of the molecule is CCCCCCCCC(CCCCCCCC)OC(=O)CCCCCCCN[C@@H]1CCC[C@@H](O)C1. The minimum absolute atomic E-state index is 0.0319. The number of carbonyl (C=O) groups excluding carboxylic acids is 1. The largest absolute Gasteiger partial charge is 0.462 e. The highest BCUT2D eigenvalue weighted by Gasteiger charge is 2.19. The number of unbranched alkanes of at least 4 members (excludes halogenated alkanes) is 14. The van der Waals surface area contributed by atoms with Crippen LogP contribution in [0.25, 0.3) is 0 Å². The molecule has 0 heterocycles. The number of hydrogen-bond donors (Lipinski definition) is 2. The van der Waals surface area contributed by atoms with Gasteiger partial charge in [-0.25, -0.2) is 0 Å². The lowest BCUT2D eigenvalue weighted by Gasteiger charge is -2.26. The molecule has 0 spiro atoms. The summed E-state index contributed by atoms with van der Waals surface area (Å²) in [4.78, 5) is 12.5. The van der Waals surface area contributed by atoms with E-state index < -0.39 is 0 Å². The molecule has 0 aromatic heterocycles. The molecule has 1 aliphatic rings. The van der Waals surface area contributed by atoms with E-state index in [1.54, 1.807) is 0 Å². The van der Waals surface area contributed by atoms with Crippen LogP contribution in [0.15, 0.2) is 0 Å². The van der Waals surface area contributed by atoms with Crippen molar-refractivity contribution in [3.05, 3.63) is 0 Å². The Bertz CT molecular complexity index is 454. The van der Waals surface area contributed by atoms with Crippen molar-refractivity contribution in [1.29, 1.82) is 0 Å². The van der Waals surface area contributed by atoms with Crippen LogP contribution < -0.4 is 5.32 Å². The van der Waals surface area contributed by atoms with Crippen LogP contribution in [0.1, 0.15) is 168 Å². The lowest BCUT2D eigenvalue weighted by molar-refractivity contribution is -0.150. The molecule has 4 heteroatoms. The summed E-state index contributed by atoms with van der Waals surface area (Å²) in [5.41, 5.74) is 0. The van der Waals surface area contributed by atoms with Crippen LogP contribution in [0.4, 0.5) is 0 Å². The van der Waals surface area contributed by atoms with Gasteiger partial charge in [-0.2, -0.15) is 0 Å². The summed E-state index contributed by atoms with van der Waals surface area (Å²) < 4.78 is 5.96.